The van der Waals surface area contributed by atoms with Gasteiger partial charge >= 0.3 is 0 Å². The summed E-state index contributed by atoms with van der Waals surface area (Å²) in [5.74, 6) is 0. The normalized spacial score (nSPS) is 12.2. The standard InChI is InChI=1S/C9H10O2S/c1-7(12)11-9(10)8-5-3-2-4-6-8/h2-6,9-10H,1H3. The van der Waals surface area contributed by atoms with Crippen LogP contribution in [-0.2, 0) is 4.74 Å². The third kappa shape index (κ3) is 2.60. The highest BCUT2D eigenvalue weighted by molar-refractivity contribution is 7.80. The summed E-state index contributed by atoms with van der Waals surface area (Å²) in [6.07, 6.45) is -0.941. The number of thiocarbonyl (C=S) groups is 1. The van der Waals surface area contributed by atoms with E-state index < -0.39 is 6.29 Å². The van der Waals surface area contributed by atoms with Crippen LogP contribution in [0.4, 0.5) is 0 Å². The highest BCUT2D eigenvalue weighted by Crippen LogP contribution is 2.13. The fourth-order valence-corrected chi connectivity index (χ4v) is 0.934. The molecule has 1 aromatic carbocycles. The molecule has 1 rings (SSSR count). The first-order valence-electron chi connectivity index (χ1n) is 3.60. The number of ether oxygens (including phenoxy) is 1. The Morgan fingerprint density at radius 1 is 1.42 bits per heavy atom. The number of benzene rings is 1. The Morgan fingerprint density at radius 3 is 2.50 bits per heavy atom. The first-order chi connectivity index (χ1) is 5.70. The Balaban J connectivity index is 2.65. The van der Waals surface area contributed by atoms with Crippen LogP contribution in [0.1, 0.15) is 18.8 Å². The minimum absolute atomic E-state index is 0.339. The van der Waals surface area contributed by atoms with Crippen molar-refractivity contribution in [2.45, 2.75) is 13.2 Å². The van der Waals surface area contributed by atoms with Crippen molar-refractivity contribution in [3.63, 3.8) is 0 Å². The molecule has 0 amide bonds. The maximum atomic E-state index is 9.38. The van der Waals surface area contributed by atoms with Crippen molar-refractivity contribution >= 4 is 17.3 Å². The highest BCUT2D eigenvalue weighted by Gasteiger charge is 2.06. The molecule has 0 radical (unpaired) electrons. The van der Waals surface area contributed by atoms with Gasteiger partial charge in [0.05, 0.1) is 0 Å². The Labute approximate surface area is 76.8 Å². The number of aliphatic hydroxyl groups excluding tert-OH is 1. The van der Waals surface area contributed by atoms with Gasteiger partial charge in [0.15, 0.2) is 5.05 Å². The summed E-state index contributed by atoms with van der Waals surface area (Å²) >= 11 is 4.69. The lowest BCUT2D eigenvalue weighted by atomic mass is 10.2. The van der Waals surface area contributed by atoms with Crippen LogP contribution in [-0.4, -0.2) is 10.2 Å². The molecule has 1 unspecified atom stereocenters. The molecule has 64 valence electrons. The lowest BCUT2D eigenvalue weighted by Gasteiger charge is -2.11. The van der Waals surface area contributed by atoms with Crippen molar-refractivity contribution in [3.8, 4) is 0 Å². The molecule has 1 atom stereocenters. The van der Waals surface area contributed by atoms with Crippen LogP contribution in [0.25, 0.3) is 0 Å². The average molecular weight is 182 g/mol. The summed E-state index contributed by atoms with van der Waals surface area (Å²) < 4.78 is 4.92. The van der Waals surface area contributed by atoms with Crippen molar-refractivity contribution in [1.82, 2.24) is 0 Å². The van der Waals surface area contributed by atoms with E-state index in [2.05, 4.69) is 12.2 Å². The smallest absolute Gasteiger partial charge is 0.224 e. The molecule has 0 heterocycles. The molecule has 0 aliphatic rings. The quantitative estimate of drug-likeness (QED) is 0.560. The first-order valence-corrected chi connectivity index (χ1v) is 4.01. The van der Waals surface area contributed by atoms with E-state index in [4.69, 9.17) is 4.74 Å². The van der Waals surface area contributed by atoms with Gasteiger partial charge in [-0.1, -0.05) is 30.3 Å². The van der Waals surface area contributed by atoms with Crippen molar-refractivity contribution in [2.24, 2.45) is 0 Å². The van der Waals surface area contributed by atoms with Gasteiger partial charge in [-0.3, -0.25) is 0 Å². The van der Waals surface area contributed by atoms with Gasteiger partial charge in [-0.25, -0.2) is 0 Å². The summed E-state index contributed by atoms with van der Waals surface area (Å²) in [7, 11) is 0. The number of hydrogen-bond acceptors (Lipinski definition) is 3. The zero-order valence-electron chi connectivity index (χ0n) is 6.73. The van der Waals surface area contributed by atoms with Gasteiger partial charge in [0.1, 0.15) is 0 Å². The zero-order chi connectivity index (χ0) is 8.97. The van der Waals surface area contributed by atoms with Crippen LogP contribution in [0.15, 0.2) is 30.3 Å². The van der Waals surface area contributed by atoms with Crippen LogP contribution >= 0.6 is 12.2 Å². The summed E-state index contributed by atoms with van der Waals surface area (Å²) in [6.45, 7) is 1.63. The zero-order valence-corrected chi connectivity index (χ0v) is 7.54. The van der Waals surface area contributed by atoms with Gasteiger partial charge in [-0.2, -0.15) is 0 Å². The Hall–Kier alpha value is -0.930. The molecule has 0 aromatic heterocycles. The number of rotatable bonds is 2. The Bertz CT molecular complexity index is 258. The van der Waals surface area contributed by atoms with Crippen LogP contribution < -0.4 is 0 Å². The molecule has 3 heteroatoms. The molecule has 0 aliphatic heterocycles. The fraction of sp³-hybridized carbons (Fsp3) is 0.222. The maximum Gasteiger partial charge on any atom is 0.224 e. The summed E-state index contributed by atoms with van der Waals surface area (Å²) in [5, 5.41) is 9.72. The van der Waals surface area contributed by atoms with Crippen molar-refractivity contribution in [1.29, 1.82) is 0 Å². The van der Waals surface area contributed by atoms with Gasteiger partial charge in [0, 0.05) is 12.5 Å². The second-order valence-electron chi connectivity index (χ2n) is 2.37. The molecule has 12 heavy (non-hydrogen) atoms. The minimum atomic E-state index is -0.941. The third-order valence-electron chi connectivity index (χ3n) is 1.36. The summed E-state index contributed by atoms with van der Waals surface area (Å²) in [6, 6.07) is 9.10. The van der Waals surface area contributed by atoms with Gasteiger partial charge in [-0.15, -0.1) is 0 Å². The molecule has 0 saturated heterocycles. The van der Waals surface area contributed by atoms with E-state index in [-0.39, 0.29) is 0 Å². The predicted octanol–water partition coefficient (Wildman–Crippen LogP) is 2.04. The fourth-order valence-electron chi connectivity index (χ4n) is 0.843. The molecular formula is C9H10O2S. The van der Waals surface area contributed by atoms with Crippen molar-refractivity contribution in [2.75, 3.05) is 0 Å². The highest BCUT2D eigenvalue weighted by atomic mass is 32.1. The summed E-state index contributed by atoms with van der Waals surface area (Å²) in [5.41, 5.74) is 0.710. The molecular weight excluding hydrogens is 172 g/mol. The Kier molecular flexibility index (Phi) is 3.19. The summed E-state index contributed by atoms with van der Waals surface area (Å²) in [4.78, 5) is 0. The molecule has 1 aromatic rings. The molecule has 0 bridgehead atoms. The number of hydrogen-bond donors (Lipinski definition) is 1. The van der Waals surface area contributed by atoms with E-state index >= 15 is 0 Å². The molecule has 0 saturated carbocycles. The second-order valence-corrected chi connectivity index (χ2v) is 2.95. The number of aliphatic hydroxyl groups is 1. The first kappa shape index (κ1) is 9.16. The SMILES string of the molecule is CC(=S)OC(O)c1ccccc1. The van der Waals surface area contributed by atoms with E-state index in [1.165, 1.54) is 0 Å². The predicted molar refractivity (Wildman–Crippen MR) is 50.8 cm³/mol. The van der Waals surface area contributed by atoms with Gasteiger partial charge in [0.25, 0.3) is 0 Å². The van der Waals surface area contributed by atoms with E-state index in [0.29, 0.717) is 10.6 Å². The van der Waals surface area contributed by atoms with Crippen molar-refractivity contribution in [3.05, 3.63) is 35.9 Å². The average Bonchev–Trinajstić information content (AvgIpc) is 2.05. The van der Waals surface area contributed by atoms with Crippen LogP contribution in [0.3, 0.4) is 0 Å². The van der Waals surface area contributed by atoms with Gasteiger partial charge in [-0.05, 0) is 12.2 Å². The molecule has 0 spiro atoms. The Morgan fingerprint density at radius 2 is 2.00 bits per heavy atom. The van der Waals surface area contributed by atoms with Crippen LogP contribution in [0.2, 0.25) is 0 Å². The van der Waals surface area contributed by atoms with Gasteiger partial charge < -0.3 is 9.84 Å². The second kappa shape index (κ2) is 4.18. The topological polar surface area (TPSA) is 29.5 Å². The van der Waals surface area contributed by atoms with E-state index in [0.717, 1.165) is 0 Å². The lowest BCUT2D eigenvalue weighted by Crippen LogP contribution is -2.05. The largest absolute Gasteiger partial charge is 0.455 e. The molecule has 0 aliphatic carbocycles. The lowest BCUT2D eigenvalue weighted by molar-refractivity contribution is -0.0278. The molecule has 0 fully saturated rings. The maximum absolute atomic E-state index is 9.38. The van der Waals surface area contributed by atoms with Crippen LogP contribution in [0.5, 0.6) is 0 Å². The van der Waals surface area contributed by atoms with Crippen LogP contribution in [0, 0.1) is 0 Å². The molecule has 2 nitrogen and oxygen atoms in total. The van der Waals surface area contributed by atoms with E-state index in [1.807, 2.05) is 18.2 Å². The van der Waals surface area contributed by atoms with E-state index in [9.17, 15) is 5.11 Å². The third-order valence-corrected chi connectivity index (χ3v) is 1.46. The van der Waals surface area contributed by atoms with Crippen molar-refractivity contribution < 1.29 is 9.84 Å². The van der Waals surface area contributed by atoms with E-state index in [1.54, 1.807) is 19.1 Å². The van der Waals surface area contributed by atoms with Gasteiger partial charge in [0.2, 0.25) is 6.29 Å². The molecule has 1 N–H and O–H groups in total. The minimum Gasteiger partial charge on any atom is -0.455 e. The monoisotopic (exact) mass is 182 g/mol.